The molecule has 1 radical (unpaired) electrons. The first-order chi connectivity index (χ1) is 6.20. The van der Waals surface area contributed by atoms with Gasteiger partial charge >= 0.3 is 12.2 Å². The molecule has 0 aliphatic heterocycles. The Morgan fingerprint density at radius 1 is 1.08 bits per heavy atom. The third kappa shape index (κ3) is 6.61. The maximum atomic E-state index is 10.6. The molecule has 0 aromatic heterocycles. The molecule has 0 aromatic carbocycles. The molecule has 2 amide bonds. The second-order valence-corrected chi connectivity index (χ2v) is 1.84. The van der Waals surface area contributed by atoms with Crippen LogP contribution in [0.25, 0.3) is 0 Å². The van der Waals surface area contributed by atoms with E-state index in [0.717, 1.165) is 0 Å². The van der Waals surface area contributed by atoms with Gasteiger partial charge in [0.25, 0.3) is 0 Å². The molecule has 0 unspecified atom stereocenters. The number of ether oxygens (including phenoxy) is 2. The lowest BCUT2D eigenvalue weighted by molar-refractivity contribution is 0.135. The molecule has 5 heteroatoms. The van der Waals surface area contributed by atoms with Crippen molar-refractivity contribution < 1.29 is 19.1 Å². The highest BCUT2D eigenvalue weighted by molar-refractivity contribution is 5.86. The molecule has 0 fully saturated rings. The summed E-state index contributed by atoms with van der Waals surface area (Å²) in [5.74, 6) is 0. The molecular formula is C8H10NO4. The van der Waals surface area contributed by atoms with Gasteiger partial charge in [-0.15, -0.1) is 0 Å². The van der Waals surface area contributed by atoms with Crippen LogP contribution >= 0.6 is 0 Å². The molecule has 0 saturated heterocycles. The van der Waals surface area contributed by atoms with Crippen LogP contribution in [-0.4, -0.2) is 25.4 Å². The van der Waals surface area contributed by atoms with Crippen molar-refractivity contribution in [2.45, 2.75) is 0 Å². The normalized spacial score (nSPS) is 8.31. The van der Waals surface area contributed by atoms with Gasteiger partial charge in [0, 0.05) is 0 Å². The first-order valence-corrected chi connectivity index (χ1v) is 3.47. The quantitative estimate of drug-likeness (QED) is 0.616. The van der Waals surface area contributed by atoms with Crippen molar-refractivity contribution in [3.8, 4) is 0 Å². The number of carbonyl (C=O) groups excluding carboxylic acids is 2. The Hall–Kier alpha value is -1.78. The summed E-state index contributed by atoms with van der Waals surface area (Å²) < 4.78 is 8.78. The smallest absolute Gasteiger partial charge is 0.440 e. The third-order valence-corrected chi connectivity index (χ3v) is 0.832. The minimum Gasteiger partial charge on any atom is -0.444 e. The first-order valence-electron chi connectivity index (χ1n) is 3.47. The molecule has 71 valence electrons. The van der Waals surface area contributed by atoms with Gasteiger partial charge in [-0.25, -0.2) is 9.59 Å². The molecule has 0 aliphatic rings. The Morgan fingerprint density at radius 2 is 1.46 bits per heavy atom. The summed E-state index contributed by atoms with van der Waals surface area (Å²) in [5.41, 5.74) is 0. The Balaban J connectivity index is 3.58. The molecular weight excluding hydrogens is 174 g/mol. The van der Waals surface area contributed by atoms with Crippen LogP contribution in [0.3, 0.4) is 0 Å². The van der Waals surface area contributed by atoms with E-state index in [4.69, 9.17) is 0 Å². The number of carbonyl (C=O) groups is 2. The van der Waals surface area contributed by atoms with Gasteiger partial charge in [-0.1, -0.05) is 30.6 Å². The molecule has 0 aromatic rings. The van der Waals surface area contributed by atoms with Gasteiger partial charge in [-0.05, 0) is 0 Å². The standard InChI is InChI=1S/C8H10NO4/c1-3-5-12-7(10)9-8(11)13-6-4-2/h3-4H,1-2,5-6H2. The summed E-state index contributed by atoms with van der Waals surface area (Å²) in [5, 5.41) is 2.93. The highest BCUT2D eigenvalue weighted by Gasteiger charge is 2.11. The Bertz CT molecular complexity index is 190. The van der Waals surface area contributed by atoms with E-state index < -0.39 is 12.2 Å². The summed E-state index contributed by atoms with van der Waals surface area (Å²) in [6.45, 7) is 6.65. The fourth-order valence-electron chi connectivity index (χ4n) is 0.400. The predicted molar refractivity (Wildman–Crippen MR) is 45.2 cm³/mol. The maximum Gasteiger partial charge on any atom is 0.440 e. The minimum atomic E-state index is -0.992. The summed E-state index contributed by atoms with van der Waals surface area (Å²) >= 11 is 0. The van der Waals surface area contributed by atoms with E-state index in [-0.39, 0.29) is 13.2 Å². The molecule has 0 atom stereocenters. The van der Waals surface area contributed by atoms with Crippen LogP contribution in [0.15, 0.2) is 25.3 Å². The number of imide groups is 1. The van der Waals surface area contributed by atoms with Crippen LogP contribution in [0.2, 0.25) is 0 Å². The van der Waals surface area contributed by atoms with Gasteiger partial charge in [0.05, 0.1) is 0 Å². The van der Waals surface area contributed by atoms with Crippen molar-refractivity contribution in [3.05, 3.63) is 25.3 Å². The van der Waals surface area contributed by atoms with Gasteiger partial charge < -0.3 is 9.47 Å². The summed E-state index contributed by atoms with van der Waals surface area (Å²) in [4.78, 5) is 21.2. The second-order valence-electron chi connectivity index (χ2n) is 1.84. The van der Waals surface area contributed by atoms with Crippen LogP contribution < -0.4 is 5.32 Å². The average molecular weight is 184 g/mol. The van der Waals surface area contributed by atoms with E-state index >= 15 is 0 Å². The second kappa shape index (κ2) is 6.90. The number of hydrogen-bond acceptors (Lipinski definition) is 4. The Kier molecular flexibility index (Phi) is 5.96. The lowest BCUT2D eigenvalue weighted by Crippen LogP contribution is -2.24. The highest BCUT2D eigenvalue weighted by Crippen LogP contribution is 1.84. The minimum absolute atomic E-state index is 0.0110. The molecule has 0 N–H and O–H groups in total. The Labute approximate surface area is 76.0 Å². The fraction of sp³-hybridized carbons (Fsp3) is 0.250. The topological polar surface area (TPSA) is 66.7 Å². The van der Waals surface area contributed by atoms with Crippen molar-refractivity contribution in [1.29, 1.82) is 0 Å². The van der Waals surface area contributed by atoms with Crippen LogP contribution in [0, 0.1) is 0 Å². The molecule has 0 heterocycles. The van der Waals surface area contributed by atoms with E-state index in [9.17, 15) is 9.59 Å². The molecule has 5 nitrogen and oxygen atoms in total. The predicted octanol–water partition coefficient (Wildman–Crippen LogP) is 1.24. The zero-order valence-corrected chi connectivity index (χ0v) is 7.06. The van der Waals surface area contributed by atoms with Crippen molar-refractivity contribution in [3.63, 3.8) is 0 Å². The van der Waals surface area contributed by atoms with Crippen molar-refractivity contribution in [2.75, 3.05) is 13.2 Å². The lowest BCUT2D eigenvalue weighted by atomic mass is 10.7. The number of hydrogen-bond donors (Lipinski definition) is 0. The number of nitrogens with zero attached hydrogens (tertiary/aromatic N) is 1. The van der Waals surface area contributed by atoms with E-state index in [1.165, 1.54) is 12.2 Å². The van der Waals surface area contributed by atoms with Crippen molar-refractivity contribution in [1.82, 2.24) is 5.32 Å². The van der Waals surface area contributed by atoms with Gasteiger partial charge in [0.15, 0.2) is 0 Å². The summed E-state index contributed by atoms with van der Waals surface area (Å²) in [6, 6.07) is 0. The van der Waals surface area contributed by atoms with Crippen LogP contribution in [0.1, 0.15) is 0 Å². The molecule has 13 heavy (non-hydrogen) atoms. The van der Waals surface area contributed by atoms with Crippen LogP contribution in [0.5, 0.6) is 0 Å². The zero-order valence-electron chi connectivity index (χ0n) is 7.06. The van der Waals surface area contributed by atoms with Crippen molar-refractivity contribution >= 4 is 12.2 Å². The molecule has 0 spiro atoms. The molecule has 0 saturated carbocycles. The Morgan fingerprint density at radius 3 is 1.77 bits per heavy atom. The monoisotopic (exact) mass is 184 g/mol. The van der Waals surface area contributed by atoms with Gasteiger partial charge in [-0.2, -0.15) is 0 Å². The van der Waals surface area contributed by atoms with E-state index in [0.29, 0.717) is 0 Å². The third-order valence-electron chi connectivity index (χ3n) is 0.832. The van der Waals surface area contributed by atoms with Crippen molar-refractivity contribution in [2.24, 2.45) is 0 Å². The molecule has 0 aliphatic carbocycles. The van der Waals surface area contributed by atoms with E-state index in [2.05, 4.69) is 27.9 Å². The fourth-order valence-corrected chi connectivity index (χ4v) is 0.400. The number of amides is 2. The van der Waals surface area contributed by atoms with Crippen LogP contribution in [-0.2, 0) is 9.47 Å². The largest absolute Gasteiger partial charge is 0.444 e. The number of rotatable bonds is 4. The zero-order chi connectivity index (χ0) is 10.1. The van der Waals surface area contributed by atoms with Crippen LogP contribution in [0.4, 0.5) is 9.59 Å². The van der Waals surface area contributed by atoms with E-state index in [1.54, 1.807) is 0 Å². The maximum absolute atomic E-state index is 10.6. The average Bonchev–Trinajstić information content (AvgIpc) is 2.11. The first kappa shape index (κ1) is 11.2. The molecule has 0 rings (SSSR count). The van der Waals surface area contributed by atoms with Gasteiger partial charge in [-0.3, -0.25) is 0 Å². The SMILES string of the molecule is C=CCOC(=O)[N]C(=O)OCC=C. The summed E-state index contributed by atoms with van der Waals surface area (Å²) in [6.07, 6.45) is 0.744. The highest BCUT2D eigenvalue weighted by atomic mass is 16.6. The summed E-state index contributed by atoms with van der Waals surface area (Å²) in [7, 11) is 0. The molecule has 0 bridgehead atoms. The van der Waals surface area contributed by atoms with Gasteiger partial charge in [0.2, 0.25) is 0 Å². The van der Waals surface area contributed by atoms with Gasteiger partial charge in [0.1, 0.15) is 13.2 Å². The lowest BCUT2D eigenvalue weighted by Gasteiger charge is -2.00. The van der Waals surface area contributed by atoms with E-state index in [1.807, 2.05) is 0 Å².